The molecule has 0 aromatic heterocycles. The Bertz CT molecular complexity index is 1240. The molecule has 0 rings (SSSR count). The topological polar surface area (TPSA) is 78.9 Å². The average molecular weight is 921 g/mol. The molecule has 0 bridgehead atoms. The quantitative estimate of drug-likeness (QED) is 0.0262. The second kappa shape index (κ2) is 54.5. The van der Waals surface area contributed by atoms with Crippen LogP contribution in [0.3, 0.4) is 0 Å². The van der Waals surface area contributed by atoms with Crippen LogP contribution in [0.25, 0.3) is 0 Å². The fourth-order valence-electron chi connectivity index (χ4n) is 7.82. The van der Waals surface area contributed by atoms with Crippen molar-refractivity contribution in [3.8, 4) is 0 Å². The number of ether oxygens (including phenoxy) is 3. The van der Waals surface area contributed by atoms with Gasteiger partial charge in [0.15, 0.2) is 6.10 Å². The Morgan fingerprint density at radius 1 is 0.318 bits per heavy atom. The number of unbranched alkanes of at least 4 members (excludes halogenated alkanes) is 27. The summed E-state index contributed by atoms with van der Waals surface area (Å²) in [5.74, 6) is -0.973. The Morgan fingerprint density at radius 3 is 0.924 bits per heavy atom. The minimum Gasteiger partial charge on any atom is -0.462 e. The van der Waals surface area contributed by atoms with E-state index in [0.29, 0.717) is 19.3 Å². The molecule has 66 heavy (non-hydrogen) atoms. The van der Waals surface area contributed by atoms with Crippen LogP contribution < -0.4 is 0 Å². The third-order valence-corrected chi connectivity index (χ3v) is 12.0. The molecular formula is C60H104O6. The van der Waals surface area contributed by atoms with Crippen LogP contribution in [0.4, 0.5) is 0 Å². The molecule has 0 heterocycles. The highest BCUT2D eigenvalue weighted by molar-refractivity contribution is 5.71. The maximum atomic E-state index is 12.8. The lowest BCUT2D eigenvalue weighted by Crippen LogP contribution is -2.30. The largest absolute Gasteiger partial charge is 0.462 e. The highest BCUT2D eigenvalue weighted by Gasteiger charge is 2.19. The number of esters is 3. The Morgan fingerprint density at radius 2 is 0.591 bits per heavy atom. The van der Waals surface area contributed by atoms with Crippen LogP contribution >= 0.6 is 0 Å². The molecule has 0 radical (unpaired) electrons. The van der Waals surface area contributed by atoms with Crippen LogP contribution in [0, 0.1) is 0 Å². The van der Waals surface area contributed by atoms with E-state index in [4.69, 9.17) is 14.2 Å². The fourth-order valence-corrected chi connectivity index (χ4v) is 7.82. The van der Waals surface area contributed by atoms with Crippen LogP contribution in [0.5, 0.6) is 0 Å². The zero-order valence-electron chi connectivity index (χ0n) is 43.4. The first-order valence-electron chi connectivity index (χ1n) is 27.9. The smallest absolute Gasteiger partial charge is 0.306 e. The van der Waals surface area contributed by atoms with E-state index in [2.05, 4.69) is 87.6 Å². The summed E-state index contributed by atoms with van der Waals surface area (Å²) in [6.07, 6.45) is 69.0. The highest BCUT2D eigenvalue weighted by atomic mass is 16.6. The Hall–Kier alpha value is -3.15. The van der Waals surface area contributed by atoms with Gasteiger partial charge in [-0.05, 0) is 57.8 Å². The molecule has 0 aliphatic carbocycles. The van der Waals surface area contributed by atoms with Crippen molar-refractivity contribution in [3.05, 3.63) is 72.9 Å². The molecule has 380 valence electrons. The first-order chi connectivity index (χ1) is 32.5. The Balaban J connectivity index is 4.45. The van der Waals surface area contributed by atoms with E-state index in [1.165, 1.54) is 148 Å². The van der Waals surface area contributed by atoms with Gasteiger partial charge in [0.1, 0.15) is 13.2 Å². The minimum atomic E-state index is -0.802. The molecule has 0 aromatic rings. The second-order valence-corrected chi connectivity index (χ2v) is 18.5. The van der Waals surface area contributed by atoms with Crippen molar-refractivity contribution in [1.82, 2.24) is 0 Å². The van der Waals surface area contributed by atoms with E-state index in [0.717, 1.165) is 77.0 Å². The molecule has 6 nitrogen and oxygen atoms in total. The number of allylic oxidation sites excluding steroid dienone is 12. The van der Waals surface area contributed by atoms with E-state index in [-0.39, 0.29) is 37.5 Å². The third-order valence-electron chi connectivity index (χ3n) is 12.0. The van der Waals surface area contributed by atoms with Gasteiger partial charge >= 0.3 is 17.9 Å². The molecular weight excluding hydrogens is 817 g/mol. The molecule has 0 amide bonds. The zero-order chi connectivity index (χ0) is 47.9. The fraction of sp³-hybridized carbons (Fsp3) is 0.750. The molecule has 0 spiro atoms. The average Bonchev–Trinajstić information content (AvgIpc) is 3.31. The monoisotopic (exact) mass is 921 g/mol. The summed E-state index contributed by atoms with van der Waals surface area (Å²) in [7, 11) is 0. The van der Waals surface area contributed by atoms with E-state index < -0.39 is 6.10 Å². The lowest BCUT2D eigenvalue weighted by molar-refractivity contribution is -0.166. The predicted octanol–water partition coefficient (Wildman–Crippen LogP) is 18.6. The van der Waals surface area contributed by atoms with E-state index >= 15 is 0 Å². The molecule has 0 saturated heterocycles. The number of carbonyl (C=O) groups is 3. The molecule has 1 atom stereocenters. The van der Waals surface area contributed by atoms with E-state index in [1.54, 1.807) is 0 Å². The summed E-state index contributed by atoms with van der Waals surface area (Å²) in [4.78, 5) is 38.0. The maximum Gasteiger partial charge on any atom is 0.306 e. The van der Waals surface area contributed by atoms with Crippen LogP contribution in [0.15, 0.2) is 72.9 Å². The SMILES string of the molecule is CC/C=C\C/C=C\C/C=C\C/C=C\C/C=C\C/C=C\CCC(=O)OC[C@@H](COC(=O)CCCCCCCCCCCCCC)OC(=O)CCCCCCCCCCCCCCCCCCC. The minimum absolute atomic E-state index is 0.0949. The predicted molar refractivity (Wildman–Crippen MR) is 284 cm³/mol. The molecule has 0 aliphatic heterocycles. The summed E-state index contributed by atoms with van der Waals surface area (Å²) in [5, 5.41) is 0. The van der Waals surface area contributed by atoms with Crippen LogP contribution in [0.2, 0.25) is 0 Å². The van der Waals surface area contributed by atoms with Crippen molar-refractivity contribution in [3.63, 3.8) is 0 Å². The van der Waals surface area contributed by atoms with Crippen molar-refractivity contribution in [2.45, 2.75) is 277 Å². The van der Waals surface area contributed by atoms with Crippen molar-refractivity contribution < 1.29 is 28.6 Å². The summed E-state index contributed by atoms with van der Waals surface area (Å²) in [6.45, 7) is 6.48. The normalized spacial score (nSPS) is 12.6. The van der Waals surface area contributed by atoms with Gasteiger partial charge in [0.2, 0.25) is 0 Å². The molecule has 0 N–H and O–H groups in total. The summed E-state index contributed by atoms with van der Waals surface area (Å²) < 4.78 is 16.8. The van der Waals surface area contributed by atoms with Gasteiger partial charge in [-0.1, -0.05) is 267 Å². The summed E-state index contributed by atoms with van der Waals surface area (Å²) in [6, 6.07) is 0. The zero-order valence-corrected chi connectivity index (χ0v) is 43.4. The van der Waals surface area contributed by atoms with Gasteiger partial charge in [0.05, 0.1) is 0 Å². The van der Waals surface area contributed by atoms with Gasteiger partial charge in [-0.25, -0.2) is 0 Å². The summed E-state index contributed by atoms with van der Waals surface area (Å²) >= 11 is 0. The van der Waals surface area contributed by atoms with Gasteiger partial charge in [0, 0.05) is 19.3 Å². The number of carbonyl (C=O) groups excluding carboxylic acids is 3. The van der Waals surface area contributed by atoms with Crippen molar-refractivity contribution >= 4 is 17.9 Å². The van der Waals surface area contributed by atoms with Crippen LogP contribution in [0.1, 0.15) is 271 Å². The van der Waals surface area contributed by atoms with E-state index in [1.807, 2.05) is 6.08 Å². The molecule has 0 unspecified atom stereocenters. The molecule has 0 saturated carbocycles. The molecule has 0 fully saturated rings. The van der Waals surface area contributed by atoms with Gasteiger partial charge < -0.3 is 14.2 Å². The lowest BCUT2D eigenvalue weighted by Gasteiger charge is -2.18. The van der Waals surface area contributed by atoms with Crippen LogP contribution in [-0.2, 0) is 28.6 Å². The number of rotatable bonds is 50. The molecule has 0 aliphatic rings. The maximum absolute atomic E-state index is 12.8. The van der Waals surface area contributed by atoms with Gasteiger partial charge in [0.25, 0.3) is 0 Å². The number of hydrogen-bond donors (Lipinski definition) is 0. The van der Waals surface area contributed by atoms with Gasteiger partial charge in [-0.3, -0.25) is 14.4 Å². The third kappa shape index (κ3) is 51.8. The van der Waals surface area contributed by atoms with Crippen molar-refractivity contribution in [2.24, 2.45) is 0 Å². The lowest BCUT2D eigenvalue weighted by atomic mass is 10.0. The first kappa shape index (κ1) is 62.8. The highest BCUT2D eigenvalue weighted by Crippen LogP contribution is 2.16. The first-order valence-corrected chi connectivity index (χ1v) is 27.9. The molecule has 0 aromatic carbocycles. The molecule has 6 heteroatoms. The summed E-state index contributed by atoms with van der Waals surface area (Å²) in [5.41, 5.74) is 0. The Labute approximate surface area is 408 Å². The Kier molecular flexibility index (Phi) is 51.9. The standard InChI is InChI=1S/C60H104O6/c1-4-7-10-13-16-19-22-25-27-29-30-32-33-35-38-41-44-47-50-53-59(62)65-56-57(55-64-58(61)52-49-46-43-40-37-24-21-18-15-12-9-6-3)66-60(63)54-51-48-45-42-39-36-34-31-28-26-23-20-17-14-11-8-5-2/h7,10,16,19,25,27,30,32,35,38,44,47,57H,4-6,8-9,11-15,17-18,20-24,26,28-29,31,33-34,36-37,39-43,45-46,48-56H2,1-3H3/b10-7-,19-16-,27-25-,32-30-,38-35-,47-44-/t57-/m1/s1. The van der Waals surface area contributed by atoms with Gasteiger partial charge in [-0.2, -0.15) is 0 Å². The number of hydrogen-bond acceptors (Lipinski definition) is 6. The van der Waals surface area contributed by atoms with Crippen molar-refractivity contribution in [2.75, 3.05) is 13.2 Å². The second-order valence-electron chi connectivity index (χ2n) is 18.5. The van der Waals surface area contributed by atoms with Crippen LogP contribution in [-0.4, -0.2) is 37.2 Å². The van der Waals surface area contributed by atoms with E-state index in [9.17, 15) is 14.4 Å². The van der Waals surface area contributed by atoms with Gasteiger partial charge in [-0.15, -0.1) is 0 Å². The van der Waals surface area contributed by atoms with Crippen molar-refractivity contribution in [1.29, 1.82) is 0 Å².